The van der Waals surface area contributed by atoms with Crippen LogP contribution in [0.15, 0.2) is 54.6 Å². The Hall–Kier alpha value is -2.38. The largest absolute Gasteiger partial charge is 0.477 e. The van der Waals surface area contributed by atoms with E-state index in [1.54, 1.807) is 19.1 Å². The van der Waals surface area contributed by atoms with Gasteiger partial charge >= 0.3 is 5.97 Å². The second kappa shape index (κ2) is 8.97. The van der Waals surface area contributed by atoms with Crippen LogP contribution >= 0.6 is 34.5 Å². The lowest BCUT2D eigenvalue weighted by atomic mass is 10.1. The summed E-state index contributed by atoms with van der Waals surface area (Å²) in [6.07, 6.45) is 0. The van der Waals surface area contributed by atoms with Crippen LogP contribution in [0.4, 0.5) is 5.69 Å². The summed E-state index contributed by atoms with van der Waals surface area (Å²) < 4.78 is 0. The third kappa shape index (κ3) is 4.46. The van der Waals surface area contributed by atoms with E-state index in [0.717, 1.165) is 21.8 Å². The van der Waals surface area contributed by atoms with E-state index in [0.29, 0.717) is 5.02 Å². The van der Waals surface area contributed by atoms with Crippen LogP contribution in [0.3, 0.4) is 0 Å². The minimum Gasteiger partial charge on any atom is -0.477 e. The lowest BCUT2D eigenvalue weighted by Gasteiger charge is -2.27. The Bertz CT molecular complexity index is 1050. The van der Waals surface area contributed by atoms with E-state index in [-0.39, 0.29) is 27.8 Å². The lowest BCUT2D eigenvalue weighted by Crippen LogP contribution is -2.41. The third-order valence-electron chi connectivity index (χ3n) is 4.34. The number of carboxylic acids is 1. The van der Waals surface area contributed by atoms with Crippen molar-refractivity contribution < 1.29 is 19.8 Å². The molecule has 0 bridgehead atoms. The quantitative estimate of drug-likeness (QED) is 0.525. The maximum atomic E-state index is 13.3. The van der Waals surface area contributed by atoms with Gasteiger partial charge in [-0.15, -0.1) is 11.3 Å². The van der Waals surface area contributed by atoms with Gasteiger partial charge in [0.15, 0.2) is 6.61 Å². The number of aromatic carboxylic acids is 1. The van der Waals surface area contributed by atoms with Crippen molar-refractivity contribution in [3.05, 3.63) is 75.1 Å². The van der Waals surface area contributed by atoms with Crippen molar-refractivity contribution in [2.24, 2.45) is 0 Å². The molecule has 5 nitrogen and oxygen atoms in total. The Morgan fingerprint density at radius 1 is 1.14 bits per heavy atom. The van der Waals surface area contributed by atoms with E-state index in [4.69, 9.17) is 28.3 Å². The van der Waals surface area contributed by atoms with Gasteiger partial charge in [-0.1, -0.05) is 53.5 Å². The van der Waals surface area contributed by atoms with Gasteiger partial charge in [0.2, 0.25) is 0 Å². The first-order valence-corrected chi connectivity index (χ1v) is 10.3. The topological polar surface area (TPSA) is 80.5 Å². The van der Waals surface area contributed by atoms with E-state index in [1.807, 2.05) is 30.3 Å². The predicted octanol–water partition coefficient (Wildman–Crippen LogP) is 5.18. The van der Waals surface area contributed by atoms with Crippen LogP contribution in [-0.4, -0.2) is 34.7 Å². The van der Waals surface area contributed by atoms with Crippen molar-refractivity contribution in [2.45, 2.75) is 13.0 Å². The third-order valence-corrected chi connectivity index (χ3v) is 6.05. The molecule has 8 heteroatoms. The molecule has 29 heavy (non-hydrogen) atoms. The highest BCUT2D eigenvalue weighted by molar-refractivity contribution is 7.18. The molecule has 1 heterocycles. The number of thiophene rings is 1. The van der Waals surface area contributed by atoms with Crippen LogP contribution in [0.1, 0.15) is 27.0 Å². The fourth-order valence-electron chi connectivity index (χ4n) is 2.89. The van der Waals surface area contributed by atoms with E-state index >= 15 is 0 Å². The number of nitrogens with zero attached hydrogens (tertiary/aromatic N) is 1. The molecule has 0 saturated heterocycles. The van der Waals surface area contributed by atoms with Crippen molar-refractivity contribution >= 4 is 52.1 Å². The Balaban J connectivity index is 2.15. The van der Waals surface area contributed by atoms with Gasteiger partial charge in [0, 0.05) is 9.90 Å². The first-order chi connectivity index (χ1) is 13.8. The fourth-order valence-corrected chi connectivity index (χ4v) is 4.37. The highest BCUT2D eigenvalue weighted by Gasteiger charge is 2.31. The van der Waals surface area contributed by atoms with Crippen LogP contribution in [0.2, 0.25) is 10.0 Å². The minimum absolute atomic E-state index is 0.0302. The van der Waals surface area contributed by atoms with Crippen molar-refractivity contribution in [3.63, 3.8) is 0 Å². The molecule has 0 spiro atoms. The highest BCUT2D eigenvalue weighted by Crippen LogP contribution is 2.38. The molecule has 1 amide bonds. The van der Waals surface area contributed by atoms with Gasteiger partial charge in [-0.2, -0.15) is 0 Å². The van der Waals surface area contributed by atoms with E-state index in [1.165, 1.54) is 17.0 Å². The van der Waals surface area contributed by atoms with E-state index in [2.05, 4.69) is 0 Å². The molecule has 0 aliphatic rings. The summed E-state index contributed by atoms with van der Waals surface area (Å²) in [5.41, 5.74) is 1.29. The maximum Gasteiger partial charge on any atom is 0.348 e. The van der Waals surface area contributed by atoms with Gasteiger partial charge < -0.3 is 10.2 Å². The van der Waals surface area contributed by atoms with Crippen molar-refractivity contribution in [1.82, 2.24) is 0 Å². The van der Waals surface area contributed by atoms with E-state index < -0.39 is 17.9 Å². The SMILES string of the molecule is CC(C[OH2+])N(C(=O)c1ccc(Cl)cc1Cl)c1cc(-c2ccccc2)sc1C(=O)O. The minimum atomic E-state index is -1.13. The van der Waals surface area contributed by atoms with Gasteiger partial charge in [0.1, 0.15) is 10.9 Å². The van der Waals surface area contributed by atoms with Crippen LogP contribution < -0.4 is 4.90 Å². The fraction of sp³-hybridized carbons (Fsp3) is 0.143. The number of carbonyl (C=O) groups excluding carboxylic acids is 1. The molecule has 1 aromatic heterocycles. The zero-order chi connectivity index (χ0) is 21.1. The number of rotatable bonds is 6. The van der Waals surface area contributed by atoms with Crippen molar-refractivity contribution in [3.8, 4) is 10.4 Å². The number of amides is 1. The number of anilines is 1. The summed E-state index contributed by atoms with van der Waals surface area (Å²) in [6, 6.07) is 15.0. The molecule has 2 aromatic carbocycles. The molecule has 3 N–H and O–H groups in total. The maximum absolute atomic E-state index is 13.3. The highest BCUT2D eigenvalue weighted by atomic mass is 35.5. The molecule has 3 rings (SSSR count). The monoisotopic (exact) mass is 450 g/mol. The molecule has 0 aliphatic carbocycles. The summed E-state index contributed by atoms with van der Waals surface area (Å²) in [6.45, 7) is 1.59. The number of hydrogen-bond donors (Lipinski definition) is 1. The normalized spacial score (nSPS) is 11.9. The van der Waals surface area contributed by atoms with Crippen molar-refractivity contribution in [2.75, 3.05) is 11.5 Å². The second-order valence-corrected chi connectivity index (χ2v) is 8.24. The van der Waals surface area contributed by atoms with E-state index in [9.17, 15) is 14.7 Å². The summed E-state index contributed by atoms with van der Waals surface area (Å²) in [4.78, 5) is 27.3. The van der Waals surface area contributed by atoms with Gasteiger partial charge in [0.25, 0.3) is 5.91 Å². The smallest absolute Gasteiger partial charge is 0.348 e. The van der Waals surface area contributed by atoms with Gasteiger partial charge in [0.05, 0.1) is 16.3 Å². The summed E-state index contributed by atoms with van der Waals surface area (Å²) in [5, 5.41) is 18.1. The van der Waals surface area contributed by atoms with Gasteiger partial charge in [-0.05, 0) is 36.8 Å². The van der Waals surface area contributed by atoms with Crippen LogP contribution in [-0.2, 0) is 0 Å². The Labute approximate surface area is 181 Å². The van der Waals surface area contributed by atoms with Crippen LogP contribution in [0.25, 0.3) is 10.4 Å². The number of halogens is 2. The molecule has 0 aliphatic heterocycles. The van der Waals surface area contributed by atoms with Crippen molar-refractivity contribution in [1.29, 1.82) is 0 Å². The zero-order valence-corrected chi connectivity index (χ0v) is 17.7. The molecule has 0 radical (unpaired) electrons. The second-order valence-electron chi connectivity index (χ2n) is 6.35. The molecule has 3 aromatic rings. The Morgan fingerprint density at radius 3 is 2.41 bits per heavy atom. The van der Waals surface area contributed by atoms with Gasteiger partial charge in [-0.25, -0.2) is 4.79 Å². The lowest BCUT2D eigenvalue weighted by molar-refractivity contribution is 0.0702. The number of benzene rings is 2. The first-order valence-electron chi connectivity index (χ1n) is 8.69. The number of carbonyl (C=O) groups is 2. The molecular weight excluding hydrogens is 433 g/mol. The number of hydrogen-bond acceptors (Lipinski definition) is 3. The predicted molar refractivity (Wildman–Crippen MR) is 118 cm³/mol. The summed E-state index contributed by atoms with van der Waals surface area (Å²) in [5.74, 6) is -1.62. The average Bonchev–Trinajstić information content (AvgIpc) is 3.13. The average molecular weight is 451 g/mol. The molecule has 0 saturated carbocycles. The molecule has 150 valence electrons. The summed E-state index contributed by atoms with van der Waals surface area (Å²) >= 11 is 13.2. The molecule has 0 fully saturated rings. The first kappa shape index (κ1) is 21.3. The Kier molecular flexibility index (Phi) is 6.59. The van der Waals surface area contributed by atoms with Crippen LogP contribution in [0, 0.1) is 0 Å². The summed E-state index contributed by atoms with van der Waals surface area (Å²) in [7, 11) is 0. The van der Waals surface area contributed by atoms with Crippen LogP contribution in [0.5, 0.6) is 0 Å². The standard InChI is InChI=1S/C21H17Cl2NO4S/c1-12(11-25)24(20(26)15-8-7-14(22)9-16(15)23)17-10-18(29-19(17)21(27)28)13-5-3-2-4-6-13/h2-10,12,25H,11H2,1H3,(H,27,28)/p+1. The molecule has 1 unspecified atom stereocenters. The Morgan fingerprint density at radius 2 is 1.83 bits per heavy atom. The number of carboxylic acid groups (broad SMARTS) is 1. The van der Waals surface area contributed by atoms with Gasteiger partial charge in [-0.3, -0.25) is 9.69 Å². The molecule has 1 atom stereocenters. The molecular formula is C21H18Cl2NO4S+. The zero-order valence-electron chi connectivity index (χ0n) is 15.4.